The van der Waals surface area contributed by atoms with Gasteiger partial charge in [0.25, 0.3) is 0 Å². The molecule has 1 fully saturated rings. The molecule has 0 saturated heterocycles. The molecule has 0 heterocycles. The second-order valence-corrected chi connectivity index (χ2v) is 10.0. The molecule has 0 aromatic heterocycles. The zero-order chi connectivity index (χ0) is 23.1. The monoisotopic (exact) mass is 434 g/mol. The summed E-state index contributed by atoms with van der Waals surface area (Å²) in [5.41, 5.74) is 4.04. The standard InChI is InChI=1S/C28H38N2O2/c1-19(2)12-21-8-10-27(31)23(14-21)17-29-25-6-5-7-26(16-25)30-18-24-15-22(13-20(3)4)9-11-28(24)32/h8-11,14-15,17-20,25-26,31-32H,5-7,12-13,16H2,1-4H3. The summed E-state index contributed by atoms with van der Waals surface area (Å²) in [7, 11) is 0. The van der Waals surface area contributed by atoms with E-state index >= 15 is 0 Å². The third kappa shape index (κ3) is 7.22. The SMILES string of the molecule is CC(C)Cc1ccc(O)c(C=NC2CCCC(N=Cc3cc(CC(C)C)ccc3O)C2)c1. The van der Waals surface area contributed by atoms with Crippen molar-refractivity contribution in [1.29, 1.82) is 0 Å². The first-order valence-electron chi connectivity index (χ1n) is 12.0. The van der Waals surface area contributed by atoms with Crippen LogP contribution >= 0.6 is 0 Å². The van der Waals surface area contributed by atoms with Crippen molar-refractivity contribution in [2.45, 2.75) is 78.3 Å². The molecule has 0 radical (unpaired) electrons. The summed E-state index contributed by atoms with van der Waals surface area (Å²) in [6.07, 6.45) is 9.72. The fraction of sp³-hybridized carbons (Fsp3) is 0.500. The van der Waals surface area contributed by atoms with Gasteiger partial charge in [0.2, 0.25) is 0 Å². The van der Waals surface area contributed by atoms with Gasteiger partial charge in [-0.2, -0.15) is 0 Å². The Labute approximate surface area is 193 Å². The fourth-order valence-corrected chi connectivity index (χ4v) is 4.39. The lowest BCUT2D eigenvalue weighted by atomic mass is 9.91. The molecule has 4 heteroatoms. The van der Waals surface area contributed by atoms with Crippen molar-refractivity contribution in [1.82, 2.24) is 0 Å². The van der Waals surface area contributed by atoms with E-state index in [1.54, 1.807) is 12.1 Å². The van der Waals surface area contributed by atoms with Crippen molar-refractivity contribution < 1.29 is 10.2 Å². The molecular weight excluding hydrogens is 396 g/mol. The van der Waals surface area contributed by atoms with Crippen LogP contribution in [-0.4, -0.2) is 34.7 Å². The van der Waals surface area contributed by atoms with E-state index in [-0.39, 0.29) is 23.6 Å². The summed E-state index contributed by atoms with van der Waals surface area (Å²) in [5, 5.41) is 20.5. The lowest BCUT2D eigenvalue weighted by Gasteiger charge is -2.24. The molecule has 172 valence electrons. The highest BCUT2D eigenvalue weighted by Crippen LogP contribution is 2.26. The maximum Gasteiger partial charge on any atom is 0.124 e. The van der Waals surface area contributed by atoms with E-state index in [4.69, 9.17) is 9.98 Å². The Morgan fingerprint density at radius 2 is 1.22 bits per heavy atom. The largest absolute Gasteiger partial charge is 0.507 e. The number of rotatable bonds is 8. The first kappa shape index (κ1) is 24.0. The van der Waals surface area contributed by atoms with Crippen LogP contribution in [0.2, 0.25) is 0 Å². The van der Waals surface area contributed by atoms with Crippen molar-refractivity contribution in [2.24, 2.45) is 21.8 Å². The van der Waals surface area contributed by atoms with Crippen molar-refractivity contribution in [3.8, 4) is 11.5 Å². The van der Waals surface area contributed by atoms with Crippen molar-refractivity contribution in [2.75, 3.05) is 0 Å². The molecule has 0 spiro atoms. The molecule has 2 atom stereocenters. The summed E-state index contributed by atoms with van der Waals surface area (Å²) in [6, 6.07) is 12.0. The Morgan fingerprint density at radius 3 is 1.62 bits per heavy atom. The van der Waals surface area contributed by atoms with Crippen LogP contribution in [0.25, 0.3) is 0 Å². The minimum absolute atomic E-state index is 0.208. The summed E-state index contributed by atoms with van der Waals surface area (Å²) < 4.78 is 0. The molecule has 0 aliphatic heterocycles. The van der Waals surface area contributed by atoms with Crippen molar-refractivity contribution >= 4 is 12.4 Å². The van der Waals surface area contributed by atoms with Gasteiger partial charge < -0.3 is 10.2 Å². The van der Waals surface area contributed by atoms with Crippen LogP contribution in [0.4, 0.5) is 0 Å². The van der Waals surface area contributed by atoms with Crippen LogP contribution in [0, 0.1) is 11.8 Å². The number of phenolic OH excluding ortho intramolecular Hbond substituents is 2. The van der Waals surface area contributed by atoms with Crippen LogP contribution in [0.15, 0.2) is 46.4 Å². The van der Waals surface area contributed by atoms with E-state index in [1.807, 2.05) is 36.7 Å². The molecule has 1 aliphatic carbocycles. The number of aliphatic imine (C=N–C) groups is 2. The molecule has 2 aromatic rings. The van der Waals surface area contributed by atoms with E-state index < -0.39 is 0 Å². The summed E-state index contributed by atoms with van der Waals surface area (Å²) in [5.74, 6) is 1.71. The first-order chi connectivity index (χ1) is 15.3. The second kappa shape index (κ2) is 11.3. The number of hydrogen-bond acceptors (Lipinski definition) is 4. The number of nitrogens with zero attached hydrogens (tertiary/aromatic N) is 2. The smallest absolute Gasteiger partial charge is 0.124 e. The number of phenols is 2. The third-order valence-corrected chi connectivity index (χ3v) is 5.94. The maximum absolute atomic E-state index is 10.2. The Morgan fingerprint density at radius 1 is 0.781 bits per heavy atom. The summed E-state index contributed by atoms with van der Waals surface area (Å²) >= 11 is 0. The average molecular weight is 435 g/mol. The van der Waals surface area contributed by atoms with Crippen molar-refractivity contribution in [3.05, 3.63) is 58.7 Å². The number of hydrogen-bond donors (Lipinski definition) is 2. The van der Waals surface area contributed by atoms with E-state index in [0.29, 0.717) is 11.8 Å². The Balaban J connectivity index is 1.65. The molecule has 1 saturated carbocycles. The molecule has 0 amide bonds. The number of benzene rings is 2. The molecule has 32 heavy (non-hydrogen) atoms. The highest BCUT2D eigenvalue weighted by atomic mass is 16.3. The Bertz CT molecular complexity index is 871. The average Bonchev–Trinajstić information content (AvgIpc) is 2.74. The normalized spacial score (nSPS) is 19.6. The van der Waals surface area contributed by atoms with Crippen LogP contribution in [-0.2, 0) is 12.8 Å². The van der Waals surface area contributed by atoms with Crippen LogP contribution in [0.1, 0.15) is 75.6 Å². The molecular formula is C28H38N2O2. The minimum atomic E-state index is 0.208. The van der Waals surface area contributed by atoms with Crippen molar-refractivity contribution in [3.63, 3.8) is 0 Å². The van der Waals surface area contributed by atoms with Crippen LogP contribution in [0.3, 0.4) is 0 Å². The molecule has 4 nitrogen and oxygen atoms in total. The number of aromatic hydroxyl groups is 2. The quantitative estimate of drug-likeness (QED) is 0.476. The van der Waals surface area contributed by atoms with E-state index in [0.717, 1.165) is 49.7 Å². The van der Waals surface area contributed by atoms with Gasteiger partial charge in [0.1, 0.15) is 11.5 Å². The fourth-order valence-electron chi connectivity index (χ4n) is 4.39. The van der Waals surface area contributed by atoms with Gasteiger partial charge >= 0.3 is 0 Å². The molecule has 0 bridgehead atoms. The molecule has 2 N–H and O–H groups in total. The molecule has 2 aromatic carbocycles. The van der Waals surface area contributed by atoms with Gasteiger partial charge in [-0.05, 0) is 85.8 Å². The first-order valence-corrected chi connectivity index (χ1v) is 12.0. The van der Waals surface area contributed by atoms with Gasteiger partial charge in [-0.15, -0.1) is 0 Å². The topological polar surface area (TPSA) is 65.2 Å². The summed E-state index contributed by atoms with van der Waals surface area (Å²) in [6.45, 7) is 8.79. The Kier molecular flexibility index (Phi) is 8.49. The minimum Gasteiger partial charge on any atom is -0.507 e. The van der Waals surface area contributed by atoms with Gasteiger partial charge in [0.15, 0.2) is 0 Å². The maximum atomic E-state index is 10.2. The molecule has 2 unspecified atom stereocenters. The second-order valence-electron chi connectivity index (χ2n) is 10.0. The molecule has 1 aliphatic rings. The zero-order valence-electron chi connectivity index (χ0n) is 20.0. The molecule has 3 rings (SSSR count). The summed E-state index contributed by atoms with van der Waals surface area (Å²) in [4.78, 5) is 9.59. The van der Waals surface area contributed by atoms with Gasteiger partial charge in [-0.3, -0.25) is 9.98 Å². The van der Waals surface area contributed by atoms with Crippen LogP contribution in [0.5, 0.6) is 11.5 Å². The van der Waals surface area contributed by atoms with Crippen LogP contribution < -0.4 is 0 Å². The predicted octanol–water partition coefficient (Wildman–Crippen LogP) is 6.34. The highest BCUT2D eigenvalue weighted by Gasteiger charge is 2.20. The van der Waals surface area contributed by atoms with Gasteiger partial charge in [0.05, 0.1) is 12.1 Å². The lowest BCUT2D eigenvalue weighted by molar-refractivity contribution is 0.397. The van der Waals surface area contributed by atoms with Gasteiger partial charge in [-0.1, -0.05) is 39.8 Å². The lowest BCUT2D eigenvalue weighted by Crippen LogP contribution is -2.21. The van der Waals surface area contributed by atoms with Gasteiger partial charge in [0, 0.05) is 23.6 Å². The van der Waals surface area contributed by atoms with Gasteiger partial charge in [-0.25, -0.2) is 0 Å². The van der Waals surface area contributed by atoms with E-state index in [1.165, 1.54) is 11.1 Å². The third-order valence-electron chi connectivity index (χ3n) is 5.94. The predicted molar refractivity (Wildman–Crippen MR) is 135 cm³/mol. The zero-order valence-corrected chi connectivity index (χ0v) is 20.0. The highest BCUT2D eigenvalue weighted by molar-refractivity contribution is 5.84. The Hall–Kier alpha value is -2.62. The van der Waals surface area contributed by atoms with E-state index in [2.05, 4.69) is 27.7 Å². The van der Waals surface area contributed by atoms with E-state index in [9.17, 15) is 10.2 Å².